The van der Waals surface area contributed by atoms with E-state index in [9.17, 15) is 9.90 Å². The largest absolute Gasteiger partial charge is 0.504 e. The Kier molecular flexibility index (Phi) is 4.81. The Labute approximate surface area is 117 Å². The minimum Gasteiger partial charge on any atom is -0.504 e. The molecule has 1 aromatic rings. The van der Waals surface area contributed by atoms with Gasteiger partial charge in [0.15, 0.2) is 11.5 Å². The summed E-state index contributed by atoms with van der Waals surface area (Å²) in [6.07, 6.45) is -0.252. The van der Waals surface area contributed by atoms with Crippen molar-refractivity contribution < 1.29 is 24.5 Å². The zero-order valence-electron chi connectivity index (χ0n) is 11.4. The minimum absolute atomic E-state index is 0.0182. The summed E-state index contributed by atoms with van der Waals surface area (Å²) in [6, 6.07) is 5.28. The second-order valence-electron chi connectivity index (χ2n) is 4.83. The van der Waals surface area contributed by atoms with E-state index >= 15 is 0 Å². The number of carbonyl (C=O) groups is 1. The first-order valence-corrected chi connectivity index (χ1v) is 6.50. The number of carboxylic acid groups (broad SMARTS) is 1. The highest BCUT2D eigenvalue weighted by Crippen LogP contribution is 2.27. The Hall–Kier alpha value is -1.79. The lowest BCUT2D eigenvalue weighted by Crippen LogP contribution is -2.42. The van der Waals surface area contributed by atoms with Gasteiger partial charge in [0.1, 0.15) is 0 Å². The molecule has 0 saturated carbocycles. The van der Waals surface area contributed by atoms with Crippen LogP contribution in [0.3, 0.4) is 0 Å². The van der Waals surface area contributed by atoms with Crippen LogP contribution in [0.1, 0.15) is 12.0 Å². The standard InChI is InChI=1S/C14H19NO5/c1-19-13-3-2-10(6-12(13)16)8-15-4-5-20-11(9-15)7-14(17)18/h2-3,6,11,16H,4-5,7-9H2,1H3,(H,17,18). The molecule has 1 saturated heterocycles. The van der Waals surface area contributed by atoms with E-state index in [-0.39, 0.29) is 18.3 Å². The number of hydrogen-bond donors (Lipinski definition) is 2. The quantitative estimate of drug-likeness (QED) is 0.840. The highest BCUT2D eigenvalue weighted by Gasteiger charge is 2.22. The van der Waals surface area contributed by atoms with E-state index in [1.165, 1.54) is 7.11 Å². The molecule has 0 bridgehead atoms. The van der Waals surface area contributed by atoms with Gasteiger partial charge in [-0.15, -0.1) is 0 Å². The third-order valence-electron chi connectivity index (χ3n) is 3.27. The second kappa shape index (κ2) is 6.58. The number of hydrogen-bond acceptors (Lipinski definition) is 5. The number of benzene rings is 1. The normalized spacial score (nSPS) is 19.8. The van der Waals surface area contributed by atoms with Crippen LogP contribution in [0.15, 0.2) is 18.2 Å². The SMILES string of the molecule is COc1ccc(CN2CCOC(CC(=O)O)C2)cc1O. The maximum Gasteiger partial charge on any atom is 0.306 e. The number of phenolic OH excluding ortho intramolecular Hbond substituents is 1. The van der Waals surface area contributed by atoms with Crippen molar-refractivity contribution in [3.8, 4) is 11.5 Å². The molecule has 20 heavy (non-hydrogen) atoms. The number of ether oxygens (including phenoxy) is 2. The third kappa shape index (κ3) is 3.85. The van der Waals surface area contributed by atoms with Gasteiger partial charge in [-0.05, 0) is 17.7 Å². The first kappa shape index (κ1) is 14.6. The van der Waals surface area contributed by atoms with Crippen LogP contribution in [-0.4, -0.2) is 54.0 Å². The lowest BCUT2D eigenvalue weighted by atomic mass is 10.1. The molecule has 6 nitrogen and oxygen atoms in total. The van der Waals surface area contributed by atoms with Crippen LogP contribution in [0, 0.1) is 0 Å². The molecule has 2 rings (SSSR count). The minimum atomic E-state index is -0.848. The van der Waals surface area contributed by atoms with Gasteiger partial charge in [-0.25, -0.2) is 0 Å². The van der Waals surface area contributed by atoms with Crippen molar-refractivity contribution in [3.63, 3.8) is 0 Å². The van der Waals surface area contributed by atoms with E-state index < -0.39 is 5.97 Å². The van der Waals surface area contributed by atoms with Crippen LogP contribution in [-0.2, 0) is 16.1 Å². The van der Waals surface area contributed by atoms with Crippen LogP contribution in [0.25, 0.3) is 0 Å². The second-order valence-corrected chi connectivity index (χ2v) is 4.83. The summed E-state index contributed by atoms with van der Waals surface area (Å²) in [6.45, 7) is 2.51. The average Bonchev–Trinajstić information content (AvgIpc) is 2.38. The maximum absolute atomic E-state index is 10.7. The van der Waals surface area contributed by atoms with E-state index in [0.29, 0.717) is 25.4 Å². The van der Waals surface area contributed by atoms with E-state index in [4.69, 9.17) is 14.6 Å². The van der Waals surface area contributed by atoms with Gasteiger partial charge < -0.3 is 19.7 Å². The van der Waals surface area contributed by atoms with E-state index in [2.05, 4.69) is 4.90 Å². The number of aromatic hydroxyl groups is 1. The van der Waals surface area contributed by atoms with Crippen LogP contribution in [0.4, 0.5) is 0 Å². The Bertz CT molecular complexity index is 477. The summed E-state index contributed by atoms with van der Waals surface area (Å²) < 4.78 is 10.4. The number of aliphatic carboxylic acids is 1. The molecular weight excluding hydrogens is 262 g/mol. The van der Waals surface area contributed by atoms with Crippen molar-refractivity contribution in [2.75, 3.05) is 26.8 Å². The average molecular weight is 281 g/mol. The first-order chi connectivity index (χ1) is 9.58. The zero-order chi connectivity index (χ0) is 14.5. The number of nitrogens with zero attached hydrogens (tertiary/aromatic N) is 1. The van der Waals surface area contributed by atoms with Crippen molar-refractivity contribution in [1.82, 2.24) is 4.90 Å². The molecule has 0 aliphatic carbocycles. The third-order valence-corrected chi connectivity index (χ3v) is 3.27. The summed E-state index contributed by atoms with van der Waals surface area (Å²) in [4.78, 5) is 12.8. The molecule has 0 spiro atoms. The molecule has 6 heteroatoms. The maximum atomic E-state index is 10.7. The van der Waals surface area contributed by atoms with Gasteiger partial charge in [0.25, 0.3) is 0 Å². The highest BCUT2D eigenvalue weighted by atomic mass is 16.5. The lowest BCUT2D eigenvalue weighted by molar-refractivity contribution is -0.142. The molecule has 0 amide bonds. The fourth-order valence-electron chi connectivity index (χ4n) is 2.33. The van der Waals surface area contributed by atoms with Gasteiger partial charge in [-0.3, -0.25) is 9.69 Å². The first-order valence-electron chi connectivity index (χ1n) is 6.50. The number of phenols is 1. The summed E-state index contributed by atoms with van der Waals surface area (Å²) in [5, 5.41) is 18.5. The van der Waals surface area contributed by atoms with E-state index in [0.717, 1.165) is 12.1 Å². The molecule has 1 aromatic carbocycles. The topological polar surface area (TPSA) is 79.2 Å². The van der Waals surface area contributed by atoms with Crippen LogP contribution in [0.2, 0.25) is 0 Å². The van der Waals surface area contributed by atoms with Gasteiger partial charge in [-0.2, -0.15) is 0 Å². The van der Waals surface area contributed by atoms with Gasteiger partial charge in [0, 0.05) is 19.6 Å². The summed E-state index contributed by atoms with van der Waals surface area (Å²) >= 11 is 0. The fraction of sp³-hybridized carbons (Fsp3) is 0.500. The molecule has 1 atom stereocenters. The molecule has 1 heterocycles. The fourth-order valence-corrected chi connectivity index (χ4v) is 2.33. The Morgan fingerprint density at radius 1 is 1.55 bits per heavy atom. The van der Waals surface area contributed by atoms with Crippen molar-refractivity contribution in [1.29, 1.82) is 0 Å². The number of rotatable bonds is 5. The smallest absolute Gasteiger partial charge is 0.306 e. The van der Waals surface area contributed by atoms with Gasteiger partial charge in [0.05, 0.1) is 26.2 Å². The molecule has 0 radical (unpaired) electrons. The predicted molar refractivity (Wildman–Crippen MR) is 71.9 cm³/mol. The van der Waals surface area contributed by atoms with Gasteiger partial charge in [0.2, 0.25) is 0 Å². The number of methoxy groups -OCH3 is 1. The van der Waals surface area contributed by atoms with Gasteiger partial charge >= 0.3 is 5.97 Å². The molecule has 1 aliphatic heterocycles. The molecule has 2 N–H and O–H groups in total. The van der Waals surface area contributed by atoms with Crippen molar-refractivity contribution in [2.45, 2.75) is 19.1 Å². The highest BCUT2D eigenvalue weighted by molar-refractivity contribution is 5.67. The van der Waals surface area contributed by atoms with Crippen molar-refractivity contribution in [2.24, 2.45) is 0 Å². The van der Waals surface area contributed by atoms with Crippen LogP contribution < -0.4 is 4.74 Å². The van der Waals surface area contributed by atoms with E-state index in [1.54, 1.807) is 12.1 Å². The van der Waals surface area contributed by atoms with E-state index in [1.807, 2.05) is 6.07 Å². The Morgan fingerprint density at radius 3 is 3.00 bits per heavy atom. The molecule has 0 aromatic heterocycles. The zero-order valence-corrected chi connectivity index (χ0v) is 11.4. The summed E-state index contributed by atoms with van der Waals surface area (Å²) in [5.74, 6) is -0.293. The molecule has 1 fully saturated rings. The van der Waals surface area contributed by atoms with Crippen molar-refractivity contribution >= 4 is 5.97 Å². The monoisotopic (exact) mass is 281 g/mol. The molecule has 1 aliphatic rings. The predicted octanol–water partition coefficient (Wildman–Crippen LogP) is 1.08. The Morgan fingerprint density at radius 2 is 2.35 bits per heavy atom. The lowest BCUT2D eigenvalue weighted by Gasteiger charge is -2.32. The molecular formula is C14H19NO5. The van der Waals surface area contributed by atoms with Crippen molar-refractivity contribution in [3.05, 3.63) is 23.8 Å². The number of morpholine rings is 1. The summed E-state index contributed by atoms with van der Waals surface area (Å²) in [5.41, 5.74) is 0.958. The van der Waals surface area contributed by atoms with Crippen LogP contribution >= 0.6 is 0 Å². The Balaban J connectivity index is 1.95. The van der Waals surface area contributed by atoms with Crippen LogP contribution in [0.5, 0.6) is 11.5 Å². The molecule has 1 unspecified atom stereocenters. The summed E-state index contributed by atoms with van der Waals surface area (Å²) in [7, 11) is 1.51. The number of carboxylic acids is 1. The van der Waals surface area contributed by atoms with Gasteiger partial charge in [-0.1, -0.05) is 6.07 Å². The molecule has 110 valence electrons.